The molecular weight excluding hydrogens is 389 g/mol. The smallest absolute Gasteiger partial charge is 0.239 e. The van der Waals surface area contributed by atoms with E-state index >= 15 is 0 Å². The van der Waals surface area contributed by atoms with Crippen LogP contribution in [0.4, 0.5) is 9.52 Å². The van der Waals surface area contributed by atoms with Crippen LogP contribution in [0.1, 0.15) is 45.0 Å². The molecule has 0 saturated heterocycles. The lowest BCUT2D eigenvalue weighted by Gasteiger charge is -2.21. The van der Waals surface area contributed by atoms with Crippen LogP contribution in [0.2, 0.25) is 0 Å². The summed E-state index contributed by atoms with van der Waals surface area (Å²) in [5.41, 5.74) is 0.953. The van der Waals surface area contributed by atoms with Gasteiger partial charge in [0.1, 0.15) is 11.6 Å². The van der Waals surface area contributed by atoms with E-state index in [2.05, 4.69) is 33.4 Å². The van der Waals surface area contributed by atoms with E-state index in [1.165, 1.54) is 23.7 Å². The number of nitrogens with one attached hydrogen (secondary N) is 1. The van der Waals surface area contributed by atoms with Crippen LogP contribution in [0.15, 0.2) is 24.3 Å². The first kappa shape index (κ1) is 23.2. The average Bonchev–Trinajstić information content (AvgIpc) is 3.15. The van der Waals surface area contributed by atoms with E-state index < -0.39 is 0 Å². The van der Waals surface area contributed by atoms with Gasteiger partial charge in [-0.1, -0.05) is 26.0 Å². The highest BCUT2D eigenvalue weighted by atomic mass is 32.1. The lowest BCUT2D eigenvalue weighted by Crippen LogP contribution is -2.40. The zero-order valence-electron chi connectivity index (χ0n) is 17.8. The lowest BCUT2D eigenvalue weighted by atomic mass is 10.1. The minimum atomic E-state index is -0.256. The SMILES string of the molecule is CCN(CC)CCC[C@@H](C)NC(=O)CN(C)c1nc(Cc2ccc(F)cc2)ns1. The van der Waals surface area contributed by atoms with Crippen molar-refractivity contribution in [1.29, 1.82) is 0 Å². The Balaban J connectivity index is 1.76. The second-order valence-corrected chi connectivity index (χ2v) is 8.02. The van der Waals surface area contributed by atoms with E-state index in [1.54, 1.807) is 12.1 Å². The highest BCUT2D eigenvalue weighted by Gasteiger charge is 2.14. The van der Waals surface area contributed by atoms with Crippen molar-refractivity contribution in [2.24, 2.45) is 0 Å². The normalized spacial score (nSPS) is 12.2. The minimum absolute atomic E-state index is 0.0156. The van der Waals surface area contributed by atoms with Crippen LogP contribution < -0.4 is 10.2 Å². The Morgan fingerprint density at radius 2 is 1.93 bits per heavy atom. The molecule has 1 heterocycles. The summed E-state index contributed by atoms with van der Waals surface area (Å²) in [6, 6.07) is 6.48. The molecule has 2 rings (SSSR count). The molecule has 0 unspecified atom stereocenters. The van der Waals surface area contributed by atoms with Crippen LogP contribution in [0.25, 0.3) is 0 Å². The molecule has 1 N–H and O–H groups in total. The average molecular weight is 422 g/mol. The molecule has 1 aromatic carbocycles. The number of nitrogens with zero attached hydrogens (tertiary/aromatic N) is 4. The molecule has 8 heteroatoms. The molecule has 0 aliphatic rings. The van der Waals surface area contributed by atoms with Gasteiger partial charge in [0.25, 0.3) is 0 Å². The maximum Gasteiger partial charge on any atom is 0.239 e. The van der Waals surface area contributed by atoms with Gasteiger partial charge in [-0.3, -0.25) is 4.79 Å². The molecular formula is C21H32FN5OS. The third kappa shape index (κ3) is 8.06. The number of rotatable bonds is 12. The van der Waals surface area contributed by atoms with Gasteiger partial charge in [0, 0.05) is 31.0 Å². The summed E-state index contributed by atoms with van der Waals surface area (Å²) in [7, 11) is 1.84. The topological polar surface area (TPSA) is 61.4 Å². The van der Waals surface area contributed by atoms with E-state index in [0.29, 0.717) is 17.4 Å². The molecule has 0 fully saturated rings. The van der Waals surface area contributed by atoms with Gasteiger partial charge in [-0.25, -0.2) is 9.37 Å². The molecule has 0 aliphatic carbocycles. The Labute approximate surface area is 177 Å². The highest BCUT2D eigenvalue weighted by molar-refractivity contribution is 7.09. The van der Waals surface area contributed by atoms with Gasteiger partial charge in [0.15, 0.2) is 0 Å². The van der Waals surface area contributed by atoms with E-state index in [-0.39, 0.29) is 24.3 Å². The zero-order chi connectivity index (χ0) is 21.2. The van der Waals surface area contributed by atoms with Crippen molar-refractivity contribution in [1.82, 2.24) is 19.6 Å². The largest absolute Gasteiger partial charge is 0.352 e. The molecule has 160 valence electrons. The molecule has 1 atom stereocenters. The molecule has 6 nitrogen and oxygen atoms in total. The van der Waals surface area contributed by atoms with Crippen molar-refractivity contribution in [3.05, 3.63) is 41.5 Å². The summed E-state index contributed by atoms with van der Waals surface area (Å²) >= 11 is 1.27. The quantitative estimate of drug-likeness (QED) is 0.570. The van der Waals surface area contributed by atoms with Crippen LogP contribution in [-0.4, -0.2) is 59.4 Å². The second kappa shape index (κ2) is 11.8. The maximum absolute atomic E-state index is 13.0. The molecule has 1 amide bonds. The van der Waals surface area contributed by atoms with Crippen LogP contribution in [0, 0.1) is 5.82 Å². The molecule has 0 bridgehead atoms. The predicted molar refractivity (Wildman–Crippen MR) is 117 cm³/mol. The van der Waals surface area contributed by atoms with Gasteiger partial charge >= 0.3 is 0 Å². The fourth-order valence-corrected chi connectivity index (χ4v) is 3.74. The number of carbonyl (C=O) groups excluding carboxylic acids is 1. The monoisotopic (exact) mass is 421 g/mol. The third-order valence-electron chi connectivity index (χ3n) is 4.85. The Bertz CT molecular complexity index is 748. The number of hydrogen-bond donors (Lipinski definition) is 1. The van der Waals surface area contributed by atoms with E-state index in [9.17, 15) is 9.18 Å². The van der Waals surface area contributed by atoms with Crippen molar-refractivity contribution >= 4 is 22.6 Å². The lowest BCUT2D eigenvalue weighted by molar-refractivity contribution is -0.120. The minimum Gasteiger partial charge on any atom is -0.352 e. The fraction of sp³-hybridized carbons (Fsp3) is 0.571. The number of halogens is 1. The predicted octanol–water partition coefficient (Wildman–Crippen LogP) is 3.33. The fourth-order valence-electron chi connectivity index (χ4n) is 3.09. The number of amides is 1. The number of aromatic nitrogens is 2. The molecule has 0 radical (unpaired) electrons. The van der Waals surface area contributed by atoms with Crippen molar-refractivity contribution in [2.45, 2.75) is 46.1 Å². The Kier molecular flexibility index (Phi) is 9.47. The number of anilines is 1. The van der Waals surface area contributed by atoms with Gasteiger partial charge in [0.2, 0.25) is 11.0 Å². The highest BCUT2D eigenvalue weighted by Crippen LogP contribution is 2.17. The summed E-state index contributed by atoms with van der Waals surface area (Å²) in [6.45, 7) is 9.82. The van der Waals surface area contributed by atoms with Crippen LogP contribution in [0.5, 0.6) is 0 Å². The van der Waals surface area contributed by atoms with Gasteiger partial charge < -0.3 is 15.1 Å². The first-order chi connectivity index (χ1) is 13.9. The first-order valence-electron chi connectivity index (χ1n) is 10.2. The third-order valence-corrected chi connectivity index (χ3v) is 5.72. The van der Waals surface area contributed by atoms with Crippen LogP contribution in [0.3, 0.4) is 0 Å². The van der Waals surface area contributed by atoms with Crippen molar-refractivity contribution in [3.8, 4) is 0 Å². The van der Waals surface area contributed by atoms with E-state index in [0.717, 1.165) is 38.0 Å². The van der Waals surface area contributed by atoms with Gasteiger partial charge in [-0.2, -0.15) is 4.37 Å². The van der Waals surface area contributed by atoms with Gasteiger partial charge in [-0.15, -0.1) is 0 Å². The Morgan fingerprint density at radius 1 is 1.24 bits per heavy atom. The summed E-state index contributed by atoms with van der Waals surface area (Å²) < 4.78 is 17.4. The van der Waals surface area contributed by atoms with Gasteiger partial charge in [-0.05, 0) is 57.1 Å². The number of hydrogen-bond acceptors (Lipinski definition) is 6. The van der Waals surface area contributed by atoms with E-state index in [4.69, 9.17) is 0 Å². The first-order valence-corrected chi connectivity index (χ1v) is 11.0. The summed E-state index contributed by atoms with van der Waals surface area (Å²) in [4.78, 5) is 21.0. The molecule has 0 spiro atoms. The Morgan fingerprint density at radius 3 is 2.59 bits per heavy atom. The van der Waals surface area contributed by atoms with Crippen LogP contribution >= 0.6 is 11.5 Å². The molecule has 2 aromatic rings. The van der Waals surface area contributed by atoms with Crippen molar-refractivity contribution < 1.29 is 9.18 Å². The summed E-state index contributed by atoms with van der Waals surface area (Å²) in [6.07, 6.45) is 2.58. The van der Waals surface area contributed by atoms with E-state index in [1.807, 2.05) is 18.9 Å². The summed E-state index contributed by atoms with van der Waals surface area (Å²) in [5, 5.41) is 3.76. The van der Waals surface area contributed by atoms with Crippen molar-refractivity contribution in [3.63, 3.8) is 0 Å². The molecule has 1 aromatic heterocycles. The Hall–Kier alpha value is -2.06. The molecule has 29 heavy (non-hydrogen) atoms. The van der Waals surface area contributed by atoms with Crippen molar-refractivity contribution in [2.75, 3.05) is 38.1 Å². The standard InChI is InChI=1S/C21H32FN5OS/c1-5-27(6-2)13-7-8-16(3)23-20(28)15-26(4)21-24-19(25-29-21)14-17-9-11-18(22)12-10-17/h9-12,16H,5-8,13-15H2,1-4H3,(H,23,28)/t16-/m1/s1. The van der Waals surface area contributed by atoms with Crippen LogP contribution in [-0.2, 0) is 11.2 Å². The summed E-state index contributed by atoms with van der Waals surface area (Å²) in [5.74, 6) is 0.403. The molecule has 0 saturated carbocycles. The number of carbonyl (C=O) groups is 1. The van der Waals surface area contributed by atoms with Gasteiger partial charge in [0.05, 0.1) is 6.54 Å². The maximum atomic E-state index is 13.0. The number of likely N-dealkylation sites (N-methyl/N-ethyl adjacent to an activating group) is 1. The number of benzene rings is 1. The second-order valence-electron chi connectivity index (χ2n) is 7.29. The molecule has 0 aliphatic heterocycles. The zero-order valence-corrected chi connectivity index (χ0v) is 18.6.